The van der Waals surface area contributed by atoms with Crippen LogP contribution in [0.5, 0.6) is 0 Å². The summed E-state index contributed by atoms with van der Waals surface area (Å²) < 4.78 is 28.1. The Balaban J connectivity index is 2.31. The third-order valence-electron chi connectivity index (χ3n) is 2.46. The summed E-state index contributed by atoms with van der Waals surface area (Å²) in [7, 11) is -2.03. The number of hydrogen-bond donors (Lipinski definition) is 2. The minimum Gasteiger partial charge on any atom is -0.392 e. The lowest BCUT2D eigenvalue weighted by Gasteiger charge is -2.07. The first-order chi connectivity index (χ1) is 8.92. The molecule has 2 rings (SSSR count). The van der Waals surface area contributed by atoms with E-state index in [0.29, 0.717) is 11.3 Å². The Kier molecular flexibility index (Phi) is 3.79. The molecule has 1 aromatic heterocycles. The molecule has 0 aliphatic heterocycles. The minimum atomic E-state index is -3.72. The molecule has 0 saturated heterocycles. The predicted molar refractivity (Wildman–Crippen MR) is 71.4 cm³/mol. The number of sulfonamides is 1. The molecular formula is C11H12ClN3O3S. The number of anilines is 1. The van der Waals surface area contributed by atoms with Crippen LogP contribution in [0.25, 0.3) is 0 Å². The number of nitrogens with zero attached hydrogens (tertiary/aromatic N) is 2. The molecule has 0 spiro atoms. The zero-order chi connectivity index (χ0) is 14.0. The summed E-state index contributed by atoms with van der Waals surface area (Å²) in [4.78, 5) is 0.0264. The Morgan fingerprint density at radius 1 is 1.47 bits per heavy atom. The topological polar surface area (TPSA) is 84.2 Å². The van der Waals surface area contributed by atoms with E-state index in [1.807, 2.05) is 0 Å². The Labute approximate surface area is 115 Å². The van der Waals surface area contributed by atoms with Crippen molar-refractivity contribution in [3.63, 3.8) is 0 Å². The standard InChI is InChI=1S/C11H12ClN3O3S/c1-15-6-9(5-13-15)14-19(17,18)10-3-2-8(7-16)11(12)4-10/h2-6,14,16H,7H2,1H3. The van der Waals surface area contributed by atoms with Crippen molar-refractivity contribution in [3.8, 4) is 0 Å². The largest absolute Gasteiger partial charge is 0.392 e. The molecule has 1 heterocycles. The molecule has 0 fully saturated rings. The summed E-state index contributed by atoms with van der Waals surface area (Å²) in [6, 6.07) is 4.15. The van der Waals surface area contributed by atoms with Crippen LogP contribution in [0.3, 0.4) is 0 Å². The number of rotatable bonds is 4. The fourth-order valence-electron chi connectivity index (χ4n) is 1.51. The van der Waals surface area contributed by atoms with Crippen molar-refractivity contribution in [1.29, 1.82) is 0 Å². The number of benzene rings is 1. The van der Waals surface area contributed by atoms with E-state index in [4.69, 9.17) is 16.7 Å². The fraction of sp³-hybridized carbons (Fsp3) is 0.182. The fourth-order valence-corrected chi connectivity index (χ4v) is 2.87. The van der Waals surface area contributed by atoms with Gasteiger partial charge in [0.15, 0.2) is 0 Å². The predicted octanol–water partition coefficient (Wildman–Crippen LogP) is 1.37. The van der Waals surface area contributed by atoms with Crippen molar-refractivity contribution in [2.75, 3.05) is 4.72 Å². The molecule has 0 saturated carbocycles. The number of aliphatic hydroxyl groups is 1. The van der Waals surface area contributed by atoms with E-state index < -0.39 is 10.0 Å². The van der Waals surface area contributed by atoms with Crippen molar-refractivity contribution in [2.24, 2.45) is 7.05 Å². The second-order valence-electron chi connectivity index (χ2n) is 3.92. The van der Waals surface area contributed by atoms with Crippen LogP contribution in [0.1, 0.15) is 5.56 Å². The Morgan fingerprint density at radius 2 is 2.21 bits per heavy atom. The lowest BCUT2D eigenvalue weighted by atomic mass is 10.2. The van der Waals surface area contributed by atoms with Crippen LogP contribution in [0.15, 0.2) is 35.5 Å². The number of hydrogen-bond acceptors (Lipinski definition) is 4. The minimum absolute atomic E-state index is 0.0264. The highest BCUT2D eigenvalue weighted by atomic mass is 35.5. The van der Waals surface area contributed by atoms with E-state index in [2.05, 4.69) is 9.82 Å². The number of aliphatic hydroxyl groups excluding tert-OH is 1. The van der Waals surface area contributed by atoms with E-state index >= 15 is 0 Å². The van der Waals surface area contributed by atoms with Crippen LogP contribution in [0.2, 0.25) is 5.02 Å². The third-order valence-corrected chi connectivity index (χ3v) is 4.19. The summed E-state index contributed by atoms with van der Waals surface area (Å²) in [6.45, 7) is -0.241. The lowest BCUT2D eigenvalue weighted by molar-refractivity contribution is 0.282. The van der Waals surface area contributed by atoms with Crippen LogP contribution in [0, 0.1) is 0 Å². The van der Waals surface area contributed by atoms with Crippen molar-refractivity contribution >= 4 is 27.3 Å². The van der Waals surface area contributed by atoms with E-state index in [9.17, 15) is 8.42 Å². The molecule has 0 bridgehead atoms. The summed E-state index contributed by atoms with van der Waals surface area (Å²) in [5, 5.41) is 13.1. The van der Waals surface area contributed by atoms with E-state index in [1.165, 1.54) is 29.1 Å². The maximum absolute atomic E-state index is 12.1. The van der Waals surface area contributed by atoms with Gasteiger partial charge in [-0.25, -0.2) is 8.42 Å². The normalized spacial score (nSPS) is 11.5. The molecule has 0 unspecified atom stereocenters. The molecule has 2 N–H and O–H groups in total. The highest BCUT2D eigenvalue weighted by molar-refractivity contribution is 7.92. The first-order valence-electron chi connectivity index (χ1n) is 5.33. The summed E-state index contributed by atoms with van der Waals surface area (Å²) >= 11 is 5.87. The summed E-state index contributed by atoms with van der Waals surface area (Å²) in [5.74, 6) is 0. The van der Waals surface area contributed by atoms with Crippen LogP contribution >= 0.6 is 11.6 Å². The van der Waals surface area contributed by atoms with E-state index in [1.54, 1.807) is 13.2 Å². The van der Waals surface area contributed by atoms with Crippen molar-refractivity contribution < 1.29 is 13.5 Å². The zero-order valence-electron chi connectivity index (χ0n) is 10.0. The maximum atomic E-state index is 12.1. The summed E-state index contributed by atoms with van der Waals surface area (Å²) in [6.07, 6.45) is 2.95. The van der Waals surface area contributed by atoms with Gasteiger partial charge >= 0.3 is 0 Å². The maximum Gasteiger partial charge on any atom is 0.262 e. The highest BCUT2D eigenvalue weighted by Crippen LogP contribution is 2.22. The molecule has 8 heteroatoms. The Bertz CT molecular complexity index is 697. The van der Waals surface area contributed by atoms with Gasteiger partial charge < -0.3 is 5.11 Å². The molecular weight excluding hydrogens is 290 g/mol. The number of nitrogens with one attached hydrogen (secondary N) is 1. The smallest absolute Gasteiger partial charge is 0.262 e. The van der Waals surface area contributed by atoms with Crippen molar-refractivity contribution in [3.05, 3.63) is 41.2 Å². The van der Waals surface area contributed by atoms with Gasteiger partial charge in [0.25, 0.3) is 10.0 Å². The van der Waals surface area contributed by atoms with Gasteiger partial charge in [-0.15, -0.1) is 0 Å². The average molecular weight is 302 g/mol. The monoisotopic (exact) mass is 301 g/mol. The molecule has 6 nitrogen and oxygen atoms in total. The van der Waals surface area contributed by atoms with Crippen molar-refractivity contribution in [1.82, 2.24) is 9.78 Å². The molecule has 1 aromatic carbocycles. The van der Waals surface area contributed by atoms with Gasteiger partial charge in [-0.05, 0) is 17.7 Å². The molecule has 0 radical (unpaired) electrons. The molecule has 0 aliphatic rings. The van der Waals surface area contributed by atoms with E-state index in [0.717, 1.165) is 0 Å². The van der Waals surface area contributed by atoms with Gasteiger partial charge in [0, 0.05) is 18.3 Å². The summed E-state index contributed by atoms with van der Waals surface area (Å²) in [5.41, 5.74) is 0.840. The van der Waals surface area contributed by atoms with Gasteiger partial charge in [0.2, 0.25) is 0 Å². The van der Waals surface area contributed by atoms with Gasteiger partial charge in [0.05, 0.1) is 23.4 Å². The SMILES string of the molecule is Cn1cc(NS(=O)(=O)c2ccc(CO)c(Cl)c2)cn1. The number of aromatic nitrogens is 2. The molecule has 0 atom stereocenters. The van der Waals surface area contributed by atoms with Crippen LogP contribution < -0.4 is 4.72 Å². The quantitative estimate of drug-likeness (QED) is 0.893. The highest BCUT2D eigenvalue weighted by Gasteiger charge is 2.16. The second kappa shape index (κ2) is 5.20. The zero-order valence-corrected chi connectivity index (χ0v) is 11.6. The number of aryl methyl sites for hydroxylation is 1. The molecule has 102 valence electrons. The molecule has 2 aromatic rings. The van der Waals surface area contributed by atoms with Gasteiger partial charge in [-0.2, -0.15) is 5.10 Å². The van der Waals surface area contributed by atoms with Gasteiger partial charge in [-0.3, -0.25) is 9.40 Å². The first-order valence-corrected chi connectivity index (χ1v) is 7.19. The Morgan fingerprint density at radius 3 is 2.74 bits per heavy atom. The molecule has 0 aliphatic carbocycles. The average Bonchev–Trinajstić information content (AvgIpc) is 2.73. The first kappa shape index (κ1) is 13.9. The van der Waals surface area contributed by atoms with Crippen LogP contribution in [-0.4, -0.2) is 23.3 Å². The van der Waals surface area contributed by atoms with Crippen LogP contribution in [0.4, 0.5) is 5.69 Å². The molecule has 0 amide bonds. The van der Waals surface area contributed by atoms with Gasteiger partial charge in [-0.1, -0.05) is 17.7 Å². The van der Waals surface area contributed by atoms with Crippen LogP contribution in [-0.2, 0) is 23.7 Å². The van der Waals surface area contributed by atoms with E-state index in [-0.39, 0.29) is 16.5 Å². The second-order valence-corrected chi connectivity index (χ2v) is 6.01. The number of halogens is 1. The van der Waals surface area contributed by atoms with Gasteiger partial charge in [0.1, 0.15) is 0 Å². The third kappa shape index (κ3) is 3.06. The Hall–Kier alpha value is -1.57. The van der Waals surface area contributed by atoms with Crippen molar-refractivity contribution in [2.45, 2.75) is 11.5 Å². The lowest BCUT2D eigenvalue weighted by Crippen LogP contribution is -2.12. The molecule has 19 heavy (non-hydrogen) atoms.